The first-order chi connectivity index (χ1) is 12.5. The Morgan fingerprint density at radius 1 is 1.11 bits per heavy atom. The predicted octanol–water partition coefficient (Wildman–Crippen LogP) is 4.02. The van der Waals surface area contributed by atoms with E-state index in [1.165, 1.54) is 4.90 Å². The third kappa shape index (κ3) is 5.40. The average Bonchev–Trinajstić information content (AvgIpc) is 2.66. The number of benzene rings is 2. The number of likely N-dealkylation sites (tertiary alicyclic amines) is 1. The monoisotopic (exact) mass is 396 g/mol. The Kier molecular flexibility index (Phi) is 7.16. The number of hydrogen-bond donors (Lipinski definition) is 1. The molecular formula is C20H23ClF2N2O2. The topological polar surface area (TPSA) is 55.6 Å². The Bertz CT molecular complexity index is 762. The van der Waals surface area contributed by atoms with Gasteiger partial charge < -0.3 is 15.4 Å². The van der Waals surface area contributed by atoms with Crippen LogP contribution in [0, 0.1) is 0 Å². The maximum Gasteiger partial charge on any atom is 0.253 e. The Hall–Kier alpha value is -2.18. The molecule has 7 heteroatoms. The molecule has 1 saturated heterocycles. The van der Waals surface area contributed by atoms with E-state index in [1.807, 2.05) is 30.3 Å². The molecule has 0 aromatic heterocycles. The lowest BCUT2D eigenvalue weighted by molar-refractivity contribution is -0.0494. The number of amides is 1. The van der Waals surface area contributed by atoms with Gasteiger partial charge in [0.2, 0.25) is 0 Å². The van der Waals surface area contributed by atoms with Gasteiger partial charge in [0.25, 0.3) is 11.8 Å². The highest BCUT2D eigenvalue weighted by Crippen LogP contribution is 2.29. The van der Waals surface area contributed by atoms with Gasteiger partial charge in [-0.2, -0.15) is 0 Å². The lowest BCUT2D eigenvalue weighted by atomic mass is 10.0. The van der Waals surface area contributed by atoms with Gasteiger partial charge in [-0.25, -0.2) is 8.78 Å². The number of hydrogen-bond acceptors (Lipinski definition) is 3. The number of nitrogens with zero attached hydrogens (tertiary/aromatic N) is 1. The minimum Gasteiger partial charge on any atom is -0.489 e. The second-order valence-corrected chi connectivity index (χ2v) is 6.45. The number of rotatable bonds is 5. The first-order valence-corrected chi connectivity index (χ1v) is 8.65. The van der Waals surface area contributed by atoms with Gasteiger partial charge in [-0.05, 0) is 23.8 Å². The van der Waals surface area contributed by atoms with Crippen molar-refractivity contribution < 1.29 is 18.3 Å². The highest BCUT2D eigenvalue weighted by atomic mass is 35.5. The summed E-state index contributed by atoms with van der Waals surface area (Å²) >= 11 is 0. The molecule has 1 fully saturated rings. The zero-order chi connectivity index (χ0) is 18.6. The van der Waals surface area contributed by atoms with E-state index in [9.17, 15) is 13.6 Å². The van der Waals surface area contributed by atoms with Crippen molar-refractivity contribution in [2.45, 2.75) is 31.9 Å². The molecule has 27 heavy (non-hydrogen) atoms. The average molecular weight is 397 g/mol. The molecule has 0 saturated carbocycles. The van der Waals surface area contributed by atoms with E-state index in [0.717, 1.165) is 5.56 Å². The molecule has 1 aliphatic rings. The van der Waals surface area contributed by atoms with Crippen molar-refractivity contribution in [2.75, 3.05) is 13.1 Å². The van der Waals surface area contributed by atoms with Crippen LogP contribution in [-0.2, 0) is 13.2 Å². The highest BCUT2D eigenvalue weighted by molar-refractivity contribution is 5.94. The van der Waals surface area contributed by atoms with Crippen LogP contribution in [0.4, 0.5) is 8.78 Å². The van der Waals surface area contributed by atoms with Gasteiger partial charge in [-0.1, -0.05) is 30.3 Å². The molecule has 0 spiro atoms. The number of carbonyl (C=O) groups is 1. The van der Waals surface area contributed by atoms with E-state index in [1.54, 1.807) is 18.2 Å². The van der Waals surface area contributed by atoms with Crippen molar-refractivity contribution in [3.05, 3.63) is 65.2 Å². The Morgan fingerprint density at radius 2 is 1.78 bits per heavy atom. The quantitative estimate of drug-likeness (QED) is 0.830. The summed E-state index contributed by atoms with van der Waals surface area (Å²) in [7, 11) is 0. The van der Waals surface area contributed by atoms with E-state index in [2.05, 4.69) is 0 Å². The Labute approximate surface area is 163 Å². The first-order valence-electron chi connectivity index (χ1n) is 8.65. The van der Waals surface area contributed by atoms with Crippen LogP contribution in [0.3, 0.4) is 0 Å². The van der Waals surface area contributed by atoms with Crippen LogP contribution in [0.25, 0.3) is 0 Å². The second-order valence-electron chi connectivity index (χ2n) is 6.45. The third-order valence-electron chi connectivity index (χ3n) is 4.55. The van der Waals surface area contributed by atoms with Crippen LogP contribution in [0.5, 0.6) is 5.75 Å². The van der Waals surface area contributed by atoms with E-state index < -0.39 is 5.92 Å². The van der Waals surface area contributed by atoms with Crippen molar-refractivity contribution in [1.29, 1.82) is 0 Å². The Balaban J connectivity index is 0.00000261. The maximum absolute atomic E-state index is 13.3. The molecule has 1 aliphatic heterocycles. The summed E-state index contributed by atoms with van der Waals surface area (Å²) in [6.07, 6.45) is -0.582. The minimum atomic E-state index is -2.67. The summed E-state index contributed by atoms with van der Waals surface area (Å²) in [4.78, 5) is 14.0. The van der Waals surface area contributed by atoms with Crippen molar-refractivity contribution in [1.82, 2.24) is 4.90 Å². The molecular weight excluding hydrogens is 374 g/mol. The van der Waals surface area contributed by atoms with Gasteiger partial charge in [-0.15, -0.1) is 12.4 Å². The summed E-state index contributed by atoms with van der Waals surface area (Å²) in [5.74, 6) is -2.29. The molecule has 146 valence electrons. The van der Waals surface area contributed by atoms with E-state index in [0.29, 0.717) is 23.5 Å². The largest absolute Gasteiger partial charge is 0.489 e. The summed E-state index contributed by atoms with van der Waals surface area (Å²) in [5.41, 5.74) is 7.99. The number of nitrogens with two attached hydrogens (primary N) is 1. The molecule has 1 amide bonds. The highest BCUT2D eigenvalue weighted by Gasteiger charge is 2.35. The van der Waals surface area contributed by atoms with Gasteiger partial charge in [0.1, 0.15) is 12.4 Å². The van der Waals surface area contributed by atoms with Gasteiger partial charge in [0.05, 0.1) is 0 Å². The zero-order valence-electron chi connectivity index (χ0n) is 14.9. The van der Waals surface area contributed by atoms with E-state index >= 15 is 0 Å². The van der Waals surface area contributed by atoms with Crippen molar-refractivity contribution >= 4 is 18.3 Å². The number of halogens is 3. The molecule has 2 aromatic rings. The summed E-state index contributed by atoms with van der Waals surface area (Å²) in [5, 5.41) is 0. The molecule has 1 heterocycles. The standard InChI is InChI=1S/C20H22F2N2O2.ClH/c21-20(22)8-10-24(11-9-20)19(25)16-6-7-18(17(12-16)13-23)26-14-15-4-2-1-3-5-15;/h1-7,12H,8-11,13-14,23H2;1H. The van der Waals surface area contributed by atoms with Crippen molar-refractivity contribution in [3.8, 4) is 5.75 Å². The molecule has 3 rings (SSSR count). The molecule has 0 unspecified atom stereocenters. The van der Waals surface area contributed by atoms with Crippen LogP contribution in [0.1, 0.15) is 34.3 Å². The Morgan fingerprint density at radius 3 is 2.41 bits per heavy atom. The fourth-order valence-corrected chi connectivity index (χ4v) is 2.97. The fraction of sp³-hybridized carbons (Fsp3) is 0.350. The van der Waals surface area contributed by atoms with Crippen LogP contribution < -0.4 is 10.5 Å². The molecule has 2 aromatic carbocycles. The molecule has 0 aliphatic carbocycles. The first kappa shape index (κ1) is 21.1. The zero-order valence-corrected chi connectivity index (χ0v) is 15.7. The smallest absolute Gasteiger partial charge is 0.253 e. The fourth-order valence-electron chi connectivity index (χ4n) is 2.97. The molecule has 0 atom stereocenters. The van der Waals surface area contributed by atoms with Crippen molar-refractivity contribution in [2.24, 2.45) is 5.73 Å². The number of alkyl halides is 2. The molecule has 0 bridgehead atoms. The lowest BCUT2D eigenvalue weighted by Gasteiger charge is -2.31. The van der Waals surface area contributed by atoms with Gasteiger partial charge in [0.15, 0.2) is 0 Å². The van der Waals surface area contributed by atoms with Crippen LogP contribution >= 0.6 is 12.4 Å². The normalized spacial score (nSPS) is 15.7. The van der Waals surface area contributed by atoms with E-state index in [-0.39, 0.29) is 50.8 Å². The number of ether oxygens (including phenoxy) is 1. The summed E-state index contributed by atoms with van der Waals surface area (Å²) in [6.45, 7) is 0.762. The van der Waals surface area contributed by atoms with Gasteiger partial charge >= 0.3 is 0 Å². The summed E-state index contributed by atoms with van der Waals surface area (Å²) in [6, 6.07) is 14.8. The lowest BCUT2D eigenvalue weighted by Crippen LogP contribution is -2.42. The van der Waals surface area contributed by atoms with Gasteiger partial charge in [-0.3, -0.25) is 4.79 Å². The van der Waals surface area contributed by atoms with Gasteiger partial charge in [0, 0.05) is 43.6 Å². The SMILES string of the molecule is Cl.NCc1cc(C(=O)N2CCC(F)(F)CC2)ccc1OCc1ccccc1. The van der Waals surface area contributed by atoms with Crippen LogP contribution in [-0.4, -0.2) is 29.8 Å². The number of carbonyl (C=O) groups excluding carboxylic acids is 1. The molecule has 2 N–H and O–H groups in total. The third-order valence-corrected chi connectivity index (χ3v) is 4.55. The van der Waals surface area contributed by atoms with Crippen molar-refractivity contribution in [3.63, 3.8) is 0 Å². The summed E-state index contributed by atoms with van der Waals surface area (Å²) < 4.78 is 32.4. The van der Waals surface area contributed by atoms with Crippen LogP contribution in [0.15, 0.2) is 48.5 Å². The number of piperidine rings is 1. The predicted molar refractivity (Wildman–Crippen MR) is 102 cm³/mol. The minimum absolute atomic E-state index is 0. The molecule has 4 nitrogen and oxygen atoms in total. The maximum atomic E-state index is 13.3. The van der Waals surface area contributed by atoms with E-state index in [4.69, 9.17) is 10.5 Å². The molecule has 0 radical (unpaired) electrons. The van der Waals surface area contributed by atoms with Crippen LogP contribution in [0.2, 0.25) is 0 Å². The second kappa shape index (κ2) is 9.15.